The van der Waals surface area contributed by atoms with Gasteiger partial charge in [-0.3, -0.25) is 19.7 Å². The van der Waals surface area contributed by atoms with Crippen molar-refractivity contribution in [1.29, 1.82) is 0 Å². The van der Waals surface area contributed by atoms with Gasteiger partial charge in [0.15, 0.2) is 0 Å². The number of aromatic nitrogens is 2. The maximum atomic E-state index is 12.9. The second-order valence-electron chi connectivity index (χ2n) is 7.28. The van der Waals surface area contributed by atoms with E-state index in [2.05, 4.69) is 10.4 Å². The Morgan fingerprint density at radius 1 is 1.20 bits per heavy atom. The highest BCUT2D eigenvalue weighted by atomic mass is 35.5. The normalized spacial score (nSPS) is 14.2. The number of nitrogens with one attached hydrogen (secondary N) is 1. The molecule has 0 atom stereocenters. The third-order valence-corrected chi connectivity index (χ3v) is 5.63. The SMILES string of the molecule is O=C(NCc1nn(C2CCCC2)c(=O)c2ccccc12)c1cc(Cl)ccc1[N+](=O)[O-]. The first-order chi connectivity index (χ1) is 14.5. The minimum atomic E-state index is -0.631. The largest absolute Gasteiger partial charge is 0.346 e. The van der Waals surface area contributed by atoms with E-state index in [0.717, 1.165) is 25.7 Å². The second kappa shape index (κ2) is 8.23. The van der Waals surface area contributed by atoms with E-state index in [-0.39, 0.29) is 34.4 Å². The van der Waals surface area contributed by atoms with Crippen LogP contribution in [0.1, 0.15) is 47.8 Å². The van der Waals surface area contributed by atoms with Crippen molar-refractivity contribution in [2.75, 3.05) is 0 Å². The van der Waals surface area contributed by atoms with Crippen LogP contribution in [-0.4, -0.2) is 20.6 Å². The molecule has 0 aliphatic heterocycles. The molecule has 30 heavy (non-hydrogen) atoms. The smallest absolute Gasteiger partial charge is 0.282 e. The Kier molecular flexibility index (Phi) is 5.50. The van der Waals surface area contributed by atoms with Crippen molar-refractivity contribution in [3.8, 4) is 0 Å². The highest BCUT2D eigenvalue weighted by molar-refractivity contribution is 6.31. The number of hydrogen-bond acceptors (Lipinski definition) is 5. The Hall–Kier alpha value is -3.26. The number of amides is 1. The first kappa shape index (κ1) is 20.0. The molecule has 0 spiro atoms. The van der Waals surface area contributed by atoms with Crippen LogP contribution in [0.15, 0.2) is 47.3 Å². The number of benzene rings is 2. The number of rotatable bonds is 5. The average Bonchev–Trinajstić information content (AvgIpc) is 3.27. The van der Waals surface area contributed by atoms with E-state index in [4.69, 9.17) is 11.6 Å². The van der Waals surface area contributed by atoms with Crippen molar-refractivity contribution < 1.29 is 9.72 Å². The molecule has 8 nitrogen and oxygen atoms in total. The van der Waals surface area contributed by atoms with Gasteiger partial charge in [0.25, 0.3) is 17.2 Å². The zero-order chi connectivity index (χ0) is 21.3. The molecular weight excluding hydrogens is 408 g/mol. The lowest BCUT2D eigenvalue weighted by atomic mass is 10.1. The minimum Gasteiger partial charge on any atom is -0.346 e. The third kappa shape index (κ3) is 3.78. The quantitative estimate of drug-likeness (QED) is 0.490. The molecule has 1 N–H and O–H groups in total. The topological polar surface area (TPSA) is 107 Å². The lowest BCUT2D eigenvalue weighted by Crippen LogP contribution is -2.30. The highest BCUT2D eigenvalue weighted by Gasteiger charge is 2.23. The molecule has 2 aromatic carbocycles. The van der Waals surface area contributed by atoms with Crippen LogP contribution >= 0.6 is 11.6 Å². The number of fused-ring (bicyclic) bond motifs is 1. The van der Waals surface area contributed by atoms with Crippen LogP contribution in [0, 0.1) is 10.1 Å². The molecule has 0 saturated heterocycles. The van der Waals surface area contributed by atoms with Crippen LogP contribution in [0.25, 0.3) is 10.8 Å². The standard InChI is InChI=1S/C21H19ClN4O4/c22-13-9-10-19(26(29)30)17(11-13)20(27)23-12-18-15-7-3-4-8-16(15)21(28)25(24-18)14-5-1-2-6-14/h3-4,7-11,14H,1-2,5-6,12H2,(H,23,27). The van der Waals surface area contributed by atoms with Crippen LogP contribution < -0.4 is 10.9 Å². The van der Waals surface area contributed by atoms with Crippen LogP contribution in [0.5, 0.6) is 0 Å². The van der Waals surface area contributed by atoms with E-state index in [1.807, 2.05) is 0 Å². The molecule has 154 valence electrons. The number of halogens is 1. The molecule has 1 aromatic heterocycles. The van der Waals surface area contributed by atoms with Crippen LogP contribution in [0.3, 0.4) is 0 Å². The molecule has 0 bridgehead atoms. The average molecular weight is 427 g/mol. The fourth-order valence-electron chi connectivity index (χ4n) is 3.91. The Labute approximate surface area is 176 Å². The summed E-state index contributed by atoms with van der Waals surface area (Å²) in [6.07, 6.45) is 3.89. The Morgan fingerprint density at radius 3 is 2.60 bits per heavy atom. The number of nitro groups is 1. The summed E-state index contributed by atoms with van der Waals surface area (Å²) in [5.41, 5.74) is -0.0558. The summed E-state index contributed by atoms with van der Waals surface area (Å²) in [5.74, 6) is -0.631. The molecule has 0 radical (unpaired) electrons. The maximum Gasteiger partial charge on any atom is 0.282 e. The second-order valence-corrected chi connectivity index (χ2v) is 7.72. The van der Waals surface area contributed by atoms with Gasteiger partial charge in [0, 0.05) is 16.5 Å². The van der Waals surface area contributed by atoms with Gasteiger partial charge < -0.3 is 5.32 Å². The van der Waals surface area contributed by atoms with E-state index >= 15 is 0 Å². The van der Waals surface area contributed by atoms with E-state index < -0.39 is 10.8 Å². The molecule has 1 heterocycles. The van der Waals surface area contributed by atoms with Gasteiger partial charge in [0.1, 0.15) is 5.56 Å². The number of carbonyl (C=O) groups excluding carboxylic acids is 1. The van der Waals surface area contributed by atoms with Gasteiger partial charge in [-0.15, -0.1) is 0 Å². The predicted octanol–water partition coefficient (Wildman–Crippen LogP) is 4.00. The van der Waals surface area contributed by atoms with E-state index in [1.54, 1.807) is 24.3 Å². The van der Waals surface area contributed by atoms with Gasteiger partial charge >= 0.3 is 0 Å². The monoisotopic (exact) mass is 426 g/mol. The number of nitro benzene ring substituents is 1. The number of nitrogens with zero attached hydrogens (tertiary/aromatic N) is 3. The molecule has 9 heteroatoms. The first-order valence-corrected chi connectivity index (χ1v) is 10.1. The lowest BCUT2D eigenvalue weighted by molar-refractivity contribution is -0.385. The first-order valence-electron chi connectivity index (χ1n) is 9.68. The highest BCUT2D eigenvalue weighted by Crippen LogP contribution is 2.28. The molecule has 1 aliphatic rings. The van der Waals surface area contributed by atoms with Gasteiger partial charge in [0.05, 0.1) is 28.6 Å². The Bertz CT molecular complexity index is 1200. The molecule has 1 amide bonds. The number of hydrogen-bond donors (Lipinski definition) is 1. The zero-order valence-electron chi connectivity index (χ0n) is 16.0. The van der Waals surface area contributed by atoms with E-state index in [0.29, 0.717) is 16.5 Å². The van der Waals surface area contributed by atoms with Gasteiger partial charge in [0.2, 0.25) is 0 Å². The molecule has 1 saturated carbocycles. The summed E-state index contributed by atoms with van der Waals surface area (Å²) >= 11 is 5.92. The molecule has 1 fully saturated rings. The third-order valence-electron chi connectivity index (χ3n) is 5.39. The minimum absolute atomic E-state index is 0.0238. The maximum absolute atomic E-state index is 12.9. The van der Waals surface area contributed by atoms with Crippen LogP contribution in [0.4, 0.5) is 5.69 Å². The molecule has 4 rings (SSSR count). The van der Waals surface area contributed by atoms with Crippen molar-refractivity contribution in [2.45, 2.75) is 38.3 Å². The fourth-order valence-corrected chi connectivity index (χ4v) is 4.08. The molecule has 0 unspecified atom stereocenters. The molecule has 3 aromatic rings. The molecule has 1 aliphatic carbocycles. The van der Waals surface area contributed by atoms with Gasteiger partial charge in [-0.25, -0.2) is 4.68 Å². The lowest BCUT2D eigenvalue weighted by Gasteiger charge is -2.16. The zero-order valence-corrected chi connectivity index (χ0v) is 16.8. The summed E-state index contributed by atoms with van der Waals surface area (Å²) in [4.78, 5) is 36.2. The fraction of sp³-hybridized carbons (Fsp3) is 0.286. The van der Waals surface area contributed by atoms with E-state index in [1.165, 1.54) is 22.9 Å². The van der Waals surface area contributed by atoms with Crippen LogP contribution in [-0.2, 0) is 6.54 Å². The van der Waals surface area contributed by atoms with Gasteiger partial charge in [-0.2, -0.15) is 5.10 Å². The number of carbonyl (C=O) groups is 1. The van der Waals surface area contributed by atoms with Crippen molar-refractivity contribution >= 4 is 34.0 Å². The van der Waals surface area contributed by atoms with Crippen LogP contribution in [0.2, 0.25) is 5.02 Å². The van der Waals surface area contributed by atoms with Crippen molar-refractivity contribution in [2.24, 2.45) is 0 Å². The van der Waals surface area contributed by atoms with Crippen molar-refractivity contribution in [3.63, 3.8) is 0 Å². The molecular formula is C21H19ClN4O4. The van der Waals surface area contributed by atoms with Crippen molar-refractivity contribution in [3.05, 3.63) is 79.2 Å². The Morgan fingerprint density at radius 2 is 1.90 bits per heavy atom. The summed E-state index contributed by atoms with van der Waals surface area (Å²) in [7, 11) is 0. The predicted molar refractivity (Wildman–Crippen MR) is 113 cm³/mol. The van der Waals surface area contributed by atoms with E-state index in [9.17, 15) is 19.7 Å². The summed E-state index contributed by atoms with van der Waals surface area (Å²) in [6, 6.07) is 11.0. The van der Waals surface area contributed by atoms with Gasteiger partial charge in [-0.05, 0) is 31.0 Å². The summed E-state index contributed by atoms with van der Waals surface area (Å²) < 4.78 is 1.53. The van der Waals surface area contributed by atoms with Crippen molar-refractivity contribution in [1.82, 2.24) is 15.1 Å². The summed E-state index contributed by atoms with van der Waals surface area (Å²) in [6.45, 7) is 0.0238. The Balaban J connectivity index is 1.68. The van der Waals surface area contributed by atoms with Gasteiger partial charge in [-0.1, -0.05) is 42.6 Å². The summed E-state index contributed by atoms with van der Waals surface area (Å²) in [5, 5.41) is 19.9.